The molecule has 2 aliphatic rings. The second-order valence-corrected chi connectivity index (χ2v) is 11.4. The topological polar surface area (TPSA) is 166 Å². The van der Waals surface area contributed by atoms with Crippen LogP contribution in [0.4, 0.5) is 16.2 Å². The molecule has 48 heavy (non-hydrogen) atoms. The van der Waals surface area contributed by atoms with Crippen LogP contribution < -0.4 is 9.64 Å². The molecule has 1 fully saturated rings. The molecule has 0 atom stereocenters. The lowest BCUT2D eigenvalue weighted by Gasteiger charge is -2.33. The Morgan fingerprint density at radius 1 is 0.812 bits per heavy atom. The second kappa shape index (κ2) is 15.4. The van der Waals surface area contributed by atoms with E-state index in [4.69, 9.17) is 14.2 Å². The van der Waals surface area contributed by atoms with Crippen LogP contribution >= 0.6 is 0 Å². The molecule has 0 unspecified atom stereocenters. The smallest absolute Gasteiger partial charge is 0.334 e. The molecule has 0 aliphatic carbocycles. The third-order valence-electron chi connectivity index (χ3n) is 7.97. The van der Waals surface area contributed by atoms with Crippen LogP contribution in [0.15, 0.2) is 72.0 Å². The third kappa shape index (κ3) is 7.70. The molecule has 14 heteroatoms. The summed E-state index contributed by atoms with van der Waals surface area (Å²) in [5, 5.41) is 11.6. The Morgan fingerprint density at radius 2 is 1.38 bits per heavy atom. The fourth-order valence-electron chi connectivity index (χ4n) is 5.40. The van der Waals surface area contributed by atoms with Crippen molar-refractivity contribution in [1.82, 2.24) is 9.80 Å². The third-order valence-corrected chi connectivity index (χ3v) is 7.97. The summed E-state index contributed by atoms with van der Waals surface area (Å²) in [6.07, 6.45) is 3.10. The summed E-state index contributed by atoms with van der Waals surface area (Å²) in [4.78, 5) is 78.5. The number of para-hydroxylation sites is 1. The number of allylic oxidation sites excluding steroid dienone is 3. The zero-order valence-corrected chi connectivity index (χ0v) is 27.3. The number of urea groups is 1. The number of carbonyl (C=O) groups excluding carboxylic acids is 5. The molecule has 4 rings (SSSR count). The highest BCUT2D eigenvalue weighted by Gasteiger charge is 2.43. The van der Waals surface area contributed by atoms with Gasteiger partial charge in [0.2, 0.25) is 0 Å². The number of barbiturate groups is 1. The molecule has 0 radical (unpaired) electrons. The summed E-state index contributed by atoms with van der Waals surface area (Å²) >= 11 is 0. The fourth-order valence-corrected chi connectivity index (χ4v) is 5.40. The van der Waals surface area contributed by atoms with E-state index in [-0.39, 0.29) is 57.0 Å². The molecular formula is C34H38N4O10. The Morgan fingerprint density at radius 3 is 1.92 bits per heavy atom. The minimum atomic E-state index is -0.935. The first-order chi connectivity index (χ1) is 22.9. The number of imide groups is 2. The van der Waals surface area contributed by atoms with Gasteiger partial charge in [0, 0.05) is 41.8 Å². The standard InChI is InChI=1S/C34H38N4O10/c1-5-29(39)47-20-17-36-31(41)25(32(42)37(33(36)43)18-21-48-30(40)6-2)13-15-28-34(3,4)26-22-23(38(44)45)12-14-27(26)35(28)16-19-46-24-10-8-7-9-11-24/h7-15,22H,5-6,16-21H2,1-4H3/b28-15+. The van der Waals surface area contributed by atoms with E-state index < -0.39 is 40.1 Å². The molecule has 2 aromatic carbocycles. The van der Waals surface area contributed by atoms with Crippen LogP contribution in [0.25, 0.3) is 0 Å². The Kier molecular flexibility index (Phi) is 11.3. The summed E-state index contributed by atoms with van der Waals surface area (Å²) < 4.78 is 16.1. The van der Waals surface area contributed by atoms with Crippen molar-refractivity contribution in [2.75, 3.05) is 44.4 Å². The number of esters is 2. The number of ether oxygens (including phenoxy) is 3. The van der Waals surface area contributed by atoms with Gasteiger partial charge in [-0.2, -0.15) is 0 Å². The van der Waals surface area contributed by atoms with Gasteiger partial charge >= 0.3 is 18.0 Å². The summed E-state index contributed by atoms with van der Waals surface area (Å²) in [5.41, 5.74) is 0.731. The van der Waals surface area contributed by atoms with E-state index in [0.717, 1.165) is 9.80 Å². The number of rotatable bonds is 14. The van der Waals surface area contributed by atoms with Gasteiger partial charge in [-0.3, -0.25) is 39.1 Å². The van der Waals surface area contributed by atoms with Crippen LogP contribution in [0.2, 0.25) is 0 Å². The number of nitrogens with zero attached hydrogens (tertiary/aromatic N) is 4. The quantitative estimate of drug-likeness (QED) is 0.0932. The summed E-state index contributed by atoms with van der Waals surface area (Å²) in [6, 6.07) is 12.8. The van der Waals surface area contributed by atoms with Gasteiger partial charge in [0.05, 0.1) is 24.6 Å². The molecule has 0 saturated carbocycles. The van der Waals surface area contributed by atoms with Crippen molar-refractivity contribution in [3.05, 3.63) is 87.6 Å². The first kappa shape index (κ1) is 35.3. The number of nitro benzene ring substituents is 1. The normalized spacial score (nSPS) is 16.2. The molecule has 2 heterocycles. The summed E-state index contributed by atoms with van der Waals surface area (Å²) in [5.74, 6) is -2.17. The van der Waals surface area contributed by atoms with Crippen LogP contribution in [0.1, 0.15) is 46.1 Å². The second-order valence-electron chi connectivity index (χ2n) is 11.4. The van der Waals surface area contributed by atoms with Crippen LogP contribution in [0, 0.1) is 10.1 Å². The number of benzene rings is 2. The van der Waals surface area contributed by atoms with Gasteiger partial charge in [-0.25, -0.2) is 4.79 Å². The maximum Gasteiger partial charge on any atom is 0.334 e. The highest BCUT2D eigenvalue weighted by atomic mass is 16.6. The van der Waals surface area contributed by atoms with Crippen LogP contribution in [-0.4, -0.2) is 84.0 Å². The predicted octanol–water partition coefficient (Wildman–Crippen LogP) is 4.28. The molecule has 1 saturated heterocycles. The number of anilines is 1. The molecule has 0 N–H and O–H groups in total. The molecule has 2 aliphatic heterocycles. The van der Waals surface area contributed by atoms with Gasteiger partial charge in [0.1, 0.15) is 31.1 Å². The van der Waals surface area contributed by atoms with Gasteiger partial charge in [-0.15, -0.1) is 0 Å². The van der Waals surface area contributed by atoms with E-state index in [1.807, 2.05) is 49.1 Å². The number of amides is 4. The van der Waals surface area contributed by atoms with Crippen molar-refractivity contribution in [2.24, 2.45) is 0 Å². The minimum Gasteiger partial charge on any atom is -0.492 e. The molecule has 2 aromatic rings. The van der Waals surface area contributed by atoms with E-state index in [1.165, 1.54) is 18.2 Å². The Balaban J connectivity index is 1.71. The van der Waals surface area contributed by atoms with Crippen molar-refractivity contribution in [3.63, 3.8) is 0 Å². The maximum absolute atomic E-state index is 13.6. The average molecular weight is 663 g/mol. The molecule has 0 bridgehead atoms. The predicted molar refractivity (Wildman–Crippen MR) is 173 cm³/mol. The van der Waals surface area contributed by atoms with Crippen molar-refractivity contribution in [1.29, 1.82) is 0 Å². The number of hydrogen-bond donors (Lipinski definition) is 0. The van der Waals surface area contributed by atoms with Gasteiger partial charge < -0.3 is 19.1 Å². The number of non-ortho nitro benzene ring substituents is 1. The van der Waals surface area contributed by atoms with Gasteiger partial charge in [0.15, 0.2) is 0 Å². The maximum atomic E-state index is 13.6. The van der Waals surface area contributed by atoms with Crippen molar-refractivity contribution >= 4 is 41.2 Å². The van der Waals surface area contributed by atoms with Crippen molar-refractivity contribution in [3.8, 4) is 5.75 Å². The highest BCUT2D eigenvalue weighted by molar-refractivity contribution is 6.28. The molecule has 254 valence electrons. The van der Waals surface area contributed by atoms with E-state index in [2.05, 4.69) is 0 Å². The van der Waals surface area contributed by atoms with E-state index in [9.17, 15) is 34.1 Å². The molecule has 14 nitrogen and oxygen atoms in total. The van der Waals surface area contributed by atoms with E-state index in [0.29, 0.717) is 29.2 Å². The monoisotopic (exact) mass is 662 g/mol. The van der Waals surface area contributed by atoms with Gasteiger partial charge in [-0.1, -0.05) is 45.9 Å². The molecular weight excluding hydrogens is 624 g/mol. The Bertz CT molecular complexity index is 1600. The van der Waals surface area contributed by atoms with Crippen molar-refractivity contribution in [2.45, 2.75) is 46.0 Å². The lowest BCUT2D eigenvalue weighted by atomic mass is 9.83. The van der Waals surface area contributed by atoms with Crippen LogP contribution in [-0.2, 0) is 34.1 Å². The lowest BCUT2D eigenvalue weighted by Crippen LogP contribution is -2.57. The van der Waals surface area contributed by atoms with Gasteiger partial charge in [-0.05, 0) is 35.9 Å². The van der Waals surface area contributed by atoms with E-state index in [1.54, 1.807) is 26.0 Å². The largest absolute Gasteiger partial charge is 0.492 e. The number of hydrogen-bond acceptors (Lipinski definition) is 11. The zero-order chi connectivity index (χ0) is 35.0. The zero-order valence-electron chi connectivity index (χ0n) is 27.3. The Hall–Kier alpha value is -5.53. The first-order valence-corrected chi connectivity index (χ1v) is 15.6. The number of fused-ring (bicyclic) bond motifs is 1. The number of carbonyl (C=O) groups is 5. The highest BCUT2D eigenvalue weighted by Crippen LogP contribution is 2.48. The van der Waals surface area contributed by atoms with Crippen LogP contribution in [0.3, 0.4) is 0 Å². The summed E-state index contributed by atoms with van der Waals surface area (Å²) in [7, 11) is 0. The lowest BCUT2D eigenvalue weighted by molar-refractivity contribution is -0.384. The molecule has 4 amide bonds. The fraction of sp³-hybridized carbons (Fsp3) is 0.382. The minimum absolute atomic E-state index is 0.0862. The number of nitro groups is 1. The summed E-state index contributed by atoms with van der Waals surface area (Å²) in [6.45, 7) is 6.34. The average Bonchev–Trinajstić information content (AvgIpc) is 3.28. The van der Waals surface area contributed by atoms with Crippen molar-refractivity contribution < 1.29 is 43.1 Å². The molecule has 0 spiro atoms. The molecule has 0 aromatic heterocycles. The Labute approximate surface area is 277 Å². The van der Waals surface area contributed by atoms with Crippen LogP contribution in [0.5, 0.6) is 5.75 Å². The SMILES string of the molecule is CCC(=O)OCCN1C(=O)C(=C/C=C2/N(CCOc3ccccc3)c3ccc([N+](=O)[O-])cc3C2(C)C)C(=O)N(CCOC(=O)CC)C1=O. The van der Waals surface area contributed by atoms with E-state index >= 15 is 0 Å². The van der Waals surface area contributed by atoms with Gasteiger partial charge in [0.25, 0.3) is 17.5 Å². The first-order valence-electron chi connectivity index (χ1n) is 15.6.